The predicted octanol–water partition coefficient (Wildman–Crippen LogP) is 2.48. The molecule has 0 atom stereocenters. The molecule has 0 aliphatic carbocycles. The molecule has 4 heteroatoms. The van der Waals surface area contributed by atoms with Crippen molar-refractivity contribution < 1.29 is 19.1 Å². The molecule has 0 rings (SSSR count). The van der Waals surface area contributed by atoms with E-state index in [9.17, 15) is 9.59 Å². The number of methoxy groups -OCH3 is 1. The largest absolute Gasteiger partial charge is 0.466 e. The fourth-order valence-corrected chi connectivity index (χ4v) is 1.01. The molecule has 17 heavy (non-hydrogen) atoms. The number of carbonyl (C=O) groups excluding carboxylic acids is 2. The quantitative estimate of drug-likeness (QED) is 0.549. The van der Waals surface area contributed by atoms with Crippen LogP contribution in [0.25, 0.3) is 0 Å². The van der Waals surface area contributed by atoms with Gasteiger partial charge in [0, 0.05) is 0 Å². The lowest BCUT2D eigenvalue weighted by atomic mass is 9.97. The van der Waals surface area contributed by atoms with Gasteiger partial charge in [-0.1, -0.05) is 19.4 Å². The molecule has 0 saturated heterocycles. The Labute approximate surface area is 103 Å². The van der Waals surface area contributed by atoms with Crippen LogP contribution in [0.1, 0.15) is 40.5 Å². The van der Waals surface area contributed by atoms with Crippen molar-refractivity contribution in [2.45, 2.75) is 40.5 Å². The van der Waals surface area contributed by atoms with Crippen molar-refractivity contribution in [1.82, 2.24) is 0 Å². The maximum Gasteiger partial charge on any atom is 0.336 e. The zero-order valence-electron chi connectivity index (χ0n) is 11.3. The Morgan fingerprint density at radius 2 is 1.82 bits per heavy atom. The van der Waals surface area contributed by atoms with Crippen molar-refractivity contribution in [3.8, 4) is 0 Å². The van der Waals surface area contributed by atoms with E-state index in [2.05, 4.69) is 4.74 Å². The first-order valence-corrected chi connectivity index (χ1v) is 5.77. The van der Waals surface area contributed by atoms with E-state index in [4.69, 9.17) is 4.74 Å². The molecular weight excluding hydrogens is 220 g/mol. The van der Waals surface area contributed by atoms with Gasteiger partial charge in [-0.3, -0.25) is 4.79 Å². The molecule has 0 aliphatic rings. The summed E-state index contributed by atoms with van der Waals surface area (Å²) in [5.41, 5.74) is -0.168. The Kier molecular flexibility index (Phi) is 6.54. The number of hydrogen-bond acceptors (Lipinski definition) is 4. The normalized spacial score (nSPS) is 12.2. The van der Waals surface area contributed by atoms with E-state index in [1.807, 2.05) is 6.92 Å². The lowest BCUT2D eigenvalue weighted by molar-refractivity contribution is -0.152. The van der Waals surface area contributed by atoms with Gasteiger partial charge < -0.3 is 9.47 Å². The minimum Gasteiger partial charge on any atom is -0.466 e. The Hall–Kier alpha value is -1.32. The van der Waals surface area contributed by atoms with Gasteiger partial charge in [0.1, 0.15) is 6.61 Å². The second-order valence-electron chi connectivity index (χ2n) is 4.84. The molecule has 0 fully saturated rings. The van der Waals surface area contributed by atoms with E-state index in [1.165, 1.54) is 7.11 Å². The molecule has 0 N–H and O–H groups in total. The molecule has 0 saturated carbocycles. The SMILES string of the molecule is CCCC=C(COC(=O)C(C)(C)C)C(=O)OC. The summed E-state index contributed by atoms with van der Waals surface area (Å²) in [4.78, 5) is 23.0. The minimum absolute atomic E-state index is 0.0250. The fourth-order valence-electron chi connectivity index (χ4n) is 1.01. The third kappa shape index (κ3) is 6.09. The van der Waals surface area contributed by atoms with Crippen LogP contribution in [-0.2, 0) is 19.1 Å². The van der Waals surface area contributed by atoms with Crippen molar-refractivity contribution in [2.75, 3.05) is 13.7 Å². The van der Waals surface area contributed by atoms with Crippen LogP contribution in [0, 0.1) is 5.41 Å². The summed E-state index contributed by atoms with van der Waals surface area (Å²) in [7, 11) is 1.31. The molecule has 98 valence electrons. The average Bonchev–Trinajstić information content (AvgIpc) is 2.26. The van der Waals surface area contributed by atoms with Gasteiger partial charge in [0.25, 0.3) is 0 Å². The predicted molar refractivity (Wildman–Crippen MR) is 65.4 cm³/mol. The first-order valence-electron chi connectivity index (χ1n) is 5.77. The van der Waals surface area contributed by atoms with Gasteiger partial charge in [-0.15, -0.1) is 0 Å². The van der Waals surface area contributed by atoms with Crippen molar-refractivity contribution in [3.63, 3.8) is 0 Å². The molecule has 0 aromatic carbocycles. The molecule has 0 aromatic rings. The number of unbranched alkanes of at least 4 members (excludes halogenated alkanes) is 1. The van der Waals surface area contributed by atoms with Crippen LogP contribution >= 0.6 is 0 Å². The number of esters is 2. The molecule has 0 aromatic heterocycles. The van der Waals surface area contributed by atoms with Crippen LogP contribution in [0.5, 0.6) is 0 Å². The summed E-state index contributed by atoms with van der Waals surface area (Å²) >= 11 is 0. The summed E-state index contributed by atoms with van der Waals surface area (Å²) in [5.74, 6) is -0.774. The van der Waals surface area contributed by atoms with E-state index in [1.54, 1.807) is 26.8 Å². The summed E-state index contributed by atoms with van der Waals surface area (Å²) in [6, 6.07) is 0. The summed E-state index contributed by atoms with van der Waals surface area (Å²) in [5, 5.41) is 0. The molecule has 4 nitrogen and oxygen atoms in total. The third-order valence-electron chi connectivity index (χ3n) is 2.10. The number of ether oxygens (including phenoxy) is 2. The smallest absolute Gasteiger partial charge is 0.336 e. The Balaban J connectivity index is 4.47. The van der Waals surface area contributed by atoms with Gasteiger partial charge in [0.05, 0.1) is 18.1 Å². The fraction of sp³-hybridized carbons (Fsp3) is 0.692. The van der Waals surface area contributed by atoms with Crippen LogP contribution in [0.4, 0.5) is 0 Å². The van der Waals surface area contributed by atoms with Gasteiger partial charge in [-0.25, -0.2) is 4.79 Å². The molecular formula is C13H22O4. The van der Waals surface area contributed by atoms with Crippen LogP contribution in [-0.4, -0.2) is 25.7 Å². The zero-order valence-corrected chi connectivity index (χ0v) is 11.3. The van der Waals surface area contributed by atoms with Crippen LogP contribution in [0.2, 0.25) is 0 Å². The number of carbonyl (C=O) groups is 2. The zero-order chi connectivity index (χ0) is 13.5. The minimum atomic E-state index is -0.564. The summed E-state index contributed by atoms with van der Waals surface area (Å²) < 4.78 is 9.71. The number of allylic oxidation sites excluding steroid dienone is 1. The highest BCUT2D eigenvalue weighted by atomic mass is 16.5. The van der Waals surface area contributed by atoms with Crippen LogP contribution in [0.3, 0.4) is 0 Å². The third-order valence-corrected chi connectivity index (χ3v) is 2.10. The molecule has 0 unspecified atom stereocenters. The molecule has 0 amide bonds. The Morgan fingerprint density at radius 1 is 1.24 bits per heavy atom. The molecule has 0 bridgehead atoms. The van der Waals surface area contributed by atoms with E-state index in [0.29, 0.717) is 5.57 Å². The Morgan fingerprint density at radius 3 is 2.24 bits per heavy atom. The molecule has 0 spiro atoms. The maximum atomic E-state index is 11.6. The number of hydrogen-bond donors (Lipinski definition) is 0. The average molecular weight is 242 g/mol. The van der Waals surface area contributed by atoms with Crippen LogP contribution < -0.4 is 0 Å². The van der Waals surface area contributed by atoms with E-state index < -0.39 is 11.4 Å². The monoisotopic (exact) mass is 242 g/mol. The lowest BCUT2D eigenvalue weighted by Gasteiger charge is -2.17. The van der Waals surface area contributed by atoms with Gasteiger partial charge in [0.15, 0.2) is 0 Å². The second-order valence-corrected chi connectivity index (χ2v) is 4.84. The second kappa shape index (κ2) is 7.09. The van der Waals surface area contributed by atoms with Crippen molar-refractivity contribution in [3.05, 3.63) is 11.6 Å². The maximum absolute atomic E-state index is 11.6. The van der Waals surface area contributed by atoms with E-state index >= 15 is 0 Å². The van der Waals surface area contributed by atoms with Crippen molar-refractivity contribution >= 4 is 11.9 Å². The molecule has 0 heterocycles. The van der Waals surface area contributed by atoms with Crippen molar-refractivity contribution in [2.24, 2.45) is 5.41 Å². The number of rotatable bonds is 5. The standard InChI is InChI=1S/C13H22O4/c1-6-7-8-10(11(14)16-5)9-17-12(15)13(2,3)4/h8H,6-7,9H2,1-5H3. The summed E-state index contributed by atoms with van der Waals surface area (Å²) in [6.07, 6.45) is 3.44. The molecule has 0 radical (unpaired) electrons. The summed E-state index contributed by atoms with van der Waals surface area (Å²) in [6.45, 7) is 7.28. The highest BCUT2D eigenvalue weighted by Gasteiger charge is 2.24. The van der Waals surface area contributed by atoms with E-state index in [-0.39, 0.29) is 12.6 Å². The van der Waals surface area contributed by atoms with Crippen LogP contribution in [0.15, 0.2) is 11.6 Å². The van der Waals surface area contributed by atoms with Gasteiger partial charge in [0.2, 0.25) is 0 Å². The first kappa shape index (κ1) is 15.7. The highest BCUT2D eigenvalue weighted by Crippen LogP contribution is 2.16. The molecule has 0 aliphatic heterocycles. The van der Waals surface area contributed by atoms with Gasteiger partial charge in [-0.05, 0) is 27.2 Å². The van der Waals surface area contributed by atoms with E-state index in [0.717, 1.165) is 12.8 Å². The topological polar surface area (TPSA) is 52.6 Å². The van der Waals surface area contributed by atoms with Gasteiger partial charge in [-0.2, -0.15) is 0 Å². The van der Waals surface area contributed by atoms with Crippen molar-refractivity contribution in [1.29, 1.82) is 0 Å². The Bertz CT molecular complexity index is 297. The highest BCUT2D eigenvalue weighted by molar-refractivity contribution is 5.89. The lowest BCUT2D eigenvalue weighted by Crippen LogP contribution is -2.25. The van der Waals surface area contributed by atoms with Gasteiger partial charge >= 0.3 is 11.9 Å². The first-order chi connectivity index (χ1) is 7.82.